The minimum atomic E-state index is -0.754. The quantitative estimate of drug-likeness (QED) is 0.279. The summed E-state index contributed by atoms with van der Waals surface area (Å²) in [6.45, 7) is 3.70. The van der Waals surface area contributed by atoms with Crippen LogP contribution in [0.15, 0.2) is 78.9 Å². The van der Waals surface area contributed by atoms with Crippen molar-refractivity contribution in [3.63, 3.8) is 0 Å². The molecule has 0 unspecified atom stereocenters. The van der Waals surface area contributed by atoms with Crippen molar-refractivity contribution in [1.82, 2.24) is 10.6 Å². The van der Waals surface area contributed by atoms with Crippen molar-refractivity contribution in [3.05, 3.63) is 90.0 Å². The molecule has 0 aliphatic rings. The van der Waals surface area contributed by atoms with Crippen LogP contribution < -0.4 is 15.4 Å². The van der Waals surface area contributed by atoms with Gasteiger partial charge in [-0.1, -0.05) is 54.6 Å². The van der Waals surface area contributed by atoms with E-state index < -0.39 is 12.0 Å². The topological polar surface area (TPSA) is 76.7 Å². The first-order valence-electron chi connectivity index (χ1n) is 12.1. The number of amides is 1. The molecule has 0 aliphatic carbocycles. The van der Waals surface area contributed by atoms with Gasteiger partial charge in [-0.3, -0.25) is 4.79 Å². The van der Waals surface area contributed by atoms with Gasteiger partial charge in [0.1, 0.15) is 11.8 Å². The maximum absolute atomic E-state index is 12.9. The van der Waals surface area contributed by atoms with Crippen molar-refractivity contribution >= 4 is 11.9 Å². The second-order valence-corrected chi connectivity index (χ2v) is 8.23. The third-order valence-electron chi connectivity index (χ3n) is 5.58. The number of carbonyl (C=O) groups excluding carboxylic acids is 2. The predicted molar refractivity (Wildman–Crippen MR) is 139 cm³/mol. The Bertz CT molecular complexity index is 1050. The van der Waals surface area contributed by atoms with Gasteiger partial charge < -0.3 is 20.1 Å². The maximum atomic E-state index is 12.9. The van der Waals surface area contributed by atoms with Gasteiger partial charge in [-0.25, -0.2) is 4.79 Å². The van der Waals surface area contributed by atoms with E-state index in [2.05, 4.69) is 10.6 Å². The predicted octanol–water partition coefficient (Wildman–Crippen LogP) is 4.64. The van der Waals surface area contributed by atoms with E-state index in [4.69, 9.17) is 9.47 Å². The molecule has 0 bridgehead atoms. The average Bonchev–Trinajstić information content (AvgIpc) is 2.89. The van der Waals surface area contributed by atoms with Gasteiger partial charge in [0.25, 0.3) is 5.91 Å². The van der Waals surface area contributed by atoms with Crippen LogP contribution in [0.4, 0.5) is 0 Å². The molecule has 0 heterocycles. The summed E-state index contributed by atoms with van der Waals surface area (Å²) in [7, 11) is 1.95. The molecule has 6 heteroatoms. The van der Waals surface area contributed by atoms with Crippen molar-refractivity contribution in [2.75, 3.05) is 26.8 Å². The Balaban J connectivity index is 1.60. The summed E-state index contributed by atoms with van der Waals surface area (Å²) in [5.74, 6) is 0.0934. The van der Waals surface area contributed by atoms with E-state index in [9.17, 15) is 9.59 Å². The fraction of sp³-hybridized carbons (Fsp3) is 0.310. The third kappa shape index (κ3) is 8.26. The first kappa shape index (κ1) is 26.0. The normalized spacial score (nSPS) is 11.5. The minimum absolute atomic E-state index is 0.259. The summed E-state index contributed by atoms with van der Waals surface area (Å²) >= 11 is 0. The zero-order chi connectivity index (χ0) is 24.9. The summed E-state index contributed by atoms with van der Waals surface area (Å²) < 4.78 is 11.0. The number of nitrogens with one attached hydrogen (secondary N) is 2. The van der Waals surface area contributed by atoms with Crippen LogP contribution in [0.3, 0.4) is 0 Å². The minimum Gasteiger partial charge on any atom is -0.494 e. The van der Waals surface area contributed by atoms with Crippen LogP contribution in [0.5, 0.6) is 5.75 Å². The molecule has 0 aromatic heterocycles. The van der Waals surface area contributed by atoms with Crippen molar-refractivity contribution in [2.45, 2.75) is 32.2 Å². The van der Waals surface area contributed by atoms with Crippen LogP contribution in [0, 0.1) is 0 Å². The second-order valence-electron chi connectivity index (χ2n) is 8.23. The van der Waals surface area contributed by atoms with Gasteiger partial charge >= 0.3 is 5.97 Å². The molecule has 0 aliphatic heterocycles. The second kappa shape index (κ2) is 13.9. The first-order chi connectivity index (χ1) is 17.1. The molecule has 1 atom stereocenters. The lowest BCUT2D eigenvalue weighted by atomic mass is 10.0. The van der Waals surface area contributed by atoms with Crippen LogP contribution >= 0.6 is 0 Å². The molecule has 184 valence electrons. The van der Waals surface area contributed by atoms with Gasteiger partial charge in [-0.05, 0) is 74.3 Å². The van der Waals surface area contributed by atoms with Crippen LogP contribution in [-0.2, 0) is 16.0 Å². The Labute approximate surface area is 207 Å². The molecule has 3 aromatic carbocycles. The van der Waals surface area contributed by atoms with Crippen molar-refractivity contribution < 1.29 is 19.1 Å². The summed E-state index contributed by atoms with van der Waals surface area (Å²) in [6.07, 6.45) is 2.46. The highest BCUT2D eigenvalue weighted by atomic mass is 16.5. The Morgan fingerprint density at radius 3 is 2.14 bits per heavy atom. The molecule has 35 heavy (non-hydrogen) atoms. The molecular weight excluding hydrogens is 440 g/mol. The highest BCUT2D eigenvalue weighted by molar-refractivity contribution is 5.97. The molecule has 0 saturated heterocycles. The summed E-state index contributed by atoms with van der Waals surface area (Å²) in [5.41, 5.74) is 3.46. The average molecular weight is 475 g/mol. The van der Waals surface area contributed by atoms with E-state index >= 15 is 0 Å². The third-order valence-corrected chi connectivity index (χ3v) is 5.58. The standard InChI is InChI=1S/C29H34N2O4/c1-3-34-29(33)27(21-22-9-5-4-6-10-22)31-28(32)25-13-11-23(12-14-25)24-15-17-26(18-16-24)35-20-8-7-19-30-2/h4-6,9-18,27,30H,3,7-8,19-21H2,1-2H3,(H,31,32)/t27-/m0/s1. The Morgan fingerprint density at radius 1 is 0.857 bits per heavy atom. The van der Waals surface area contributed by atoms with Gasteiger partial charge in [0, 0.05) is 12.0 Å². The van der Waals surface area contributed by atoms with Crippen molar-refractivity contribution in [3.8, 4) is 16.9 Å². The van der Waals surface area contributed by atoms with Crippen LogP contribution in [0.1, 0.15) is 35.7 Å². The lowest BCUT2D eigenvalue weighted by Crippen LogP contribution is -2.43. The summed E-state index contributed by atoms with van der Waals surface area (Å²) in [6, 6.07) is 24.1. The molecule has 6 nitrogen and oxygen atoms in total. The summed E-state index contributed by atoms with van der Waals surface area (Å²) in [4.78, 5) is 25.3. The van der Waals surface area contributed by atoms with E-state index in [1.54, 1.807) is 19.1 Å². The number of rotatable bonds is 13. The fourth-order valence-electron chi connectivity index (χ4n) is 3.68. The van der Waals surface area contributed by atoms with E-state index in [0.29, 0.717) is 18.6 Å². The van der Waals surface area contributed by atoms with Crippen LogP contribution in [0.25, 0.3) is 11.1 Å². The Kier molecular flexibility index (Phi) is 10.3. The number of esters is 1. The molecule has 2 N–H and O–H groups in total. The van der Waals surface area contributed by atoms with Gasteiger partial charge in [-0.15, -0.1) is 0 Å². The smallest absolute Gasteiger partial charge is 0.328 e. The largest absolute Gasteiger partial charge is 0.494 e. The molecule has 0 spiro atoms. The van der Waals surface area contributed by atoms with E-state index in [1.165, 1.54) is 0 Å². The van der Waals surface area contributed by atoms with Gasteiger partial charge in [0.05, 0.1) is 13.2 Å². The number of benzene rings is 3. The zero-order valence-corrected chi connectivity index (χ0v) is 20.5. The Morgan fingerprint density at radius 2 is 1.51 bits per heavy atom. The van der Waals surface area contributed by atoms with Gasteiger partial charge in [-0.2, -0.15) is 0 Å². The highest BCUT2D eigenvalue weighted by Gasteiger charge is 2.23. The first-order valence-corrected chi connectivity index (χ1v) is 12.1. The monoisotopic (exact) mass is 474 g/mol. The van der Waals surface area contributed by atoms with Gasteiger partial charge in [0.2, 0.25) is 0 Å². The van der Waals surface area contributed by atoms with E-state index in [1.807, 2.05) is 73.8 Å². The highest BCUT2D eigenvalue weighted by Crippen LogP contribution is 2.23. The number of hydrogen-bond acceptors (Lipinski definition) is 5. The molecule has 3 rings (SSSR count). The molecule has 3 aromatic rings. The lowest BCUT2D eigenvalue weighted by Gasteiger charge is -2.17. The maximum Gasteiger partial charge on any atom is 0.328 e. The van der Waals surface area contributed by atoms with Gasteiger partial charge in [0.15, 0.2) is 0 Å². The van der Waals surface area contributed by atoms with Crippen molar-refractivity contribution in [1.29, 1.82) is 0 Å². The SMILES string of the molecule is CCOC(=O)[C@H](Cc1ccccc1)NC(=O)c1ccc(-c2ccc(OCCCCNC)cc2)cc1. The fourth-order valence-corrected chi connectivity index (χ4v) is 3.68. The molecular formula is C29H34N2O4. The number of ether oxygens (including phenoxy) is 2. The van der Waals surface area contributed by atoms with E-state index in [-0.39, 0.29) is 12.5 Å². The lowest BCUT2D eigenvalue weighted by molar-refractivity contribution is -0.145. The van der Waals surface area contributed by atoms with Crippen molar-refractivity contribution in [2.24, 2.45) is 0 Å². The summed E-state index contributed by atoms with van der Waals surface area (Å²) in [5, 5.41) is 5.96. The van der Waals surface area contributed by atoms with Crippen LogP contribution in [-0.4, -0.2) is 44.7 Å². The van der Waals surface area contributed by atoms with E-state index in [0.717, 1.165) is 41.8 Å². The number of unbranched alkanes of at least 4 members (excludes halogenated alkanes) is 1. The number of hydrogen-bond donors (Lipinski definition) is 2. The molecule has 0 radical (unpaired) electrons. The molecule has 0 fully saturated rings. The Hall–Kier alpha value is -3.64. The zero-order valence-electron chi connectivity index (χ0n) is 20.5. The number of carbonyl (C=O) groups is 2. The van der Waals surface area contributed by atoms with Crippen LogP contribution in [0.2, 0.25) is 0 Å². The molecule has 0 saturated carbocycles. The molecule has 1 amide bonds.